The molecule has 0 bridgehead atoms. The van der Waals surface area contributed by atoms with E-state index >= 15 is 0 Å². The summed E-state index contributed by atoms with van der Waals surface area (Å²) in [5.41, 5.74) is 0.152. The lowest BCUT2D eigenvalue weighted by Crippen LogP contribution is -2.40. The minimum Gasteiger partial charge on any atom is -0.208 e. The summed E-state index contributed by atoms with van der Waals surface area (Å²) in [6.45, 7) is 4.32. The highest BCUT2D eigenvalue weighted by Gasteiger charge is 2.32. The second-order valence-corrected chi connectivity index (χ2v) is 9.66. The van der Waals surface area contributed by atoms with Crippen molar-refractivity contribution in [3.63, 3.8) is 0 Å². The highest BCUT2D eigenvalue weighted by molar-refractivity contribution is 9.10. The number of nitrogens with one attached hydrogen (secondary N) is 1. The van der Waals surface area contributed by atoms with Crippen LogP contribution in [-0.2, 0) is 10.0 Å². The maximum absolute atomic E-state index is 12.6. The lowest BCUT2D eigenvalue weighted by atomic mass is 9.75. The Kier molecular flexibility index (Phi) is 5.31. The Morgan fingerprint density at radius 1 is 1.29 bits per heavy atom. The molecule has 0 radical (unpaired) electrons. The van der Waals surface area contributed by atoms with Crippen LogP contribution < -0.4 is 4.72 Å². The second kappa shape index (κ2) is 6.36. The van der Waals surface area contributed by atoms with Crippen LogP contribution in [0.2, 0.25) is 10.0 Å². The summed E-state index contributed by atoms with van der Waals surface area (Å²) in [4.78, 5) is -0.0441. The molecule has 0 heterocycles. The maximum Gasteiger partial charge on any atom is 0.243 e. The van der Waals surface area contributed by atoms with E-state index in [1.54, 1.807) is 0 Å². The van der Waals surface area contributed by atoms with Crippen molar-refractivity contribution in [1.29, 1.82) is 0 Å². The topological polar surface area (TPSA) is 46.2 Å². The first-order chi connectivity index (χ1) is 9.61. The van der Waals surface area contributed by atoms with Crippen molar-refractivity contribution < 1.29 is 8.42 Å². The van der Waals surface area contributed by atoms with Crippen LogP contribution in [0.3, 0.4) is 0 Å². The molecule has 0 amide bonds. The molecule has 1 aliphatic rings. The quantitative estimate of drug-likeness (QED) is 0.755. The second-order valence-electron chi connectivity index (χ2n) is 6.28. The lowest BCUT2D eigenvalue weighted by molar-refractivity contribution is 0.212. The molecule has 0 spiro atoms. The monoisotopic (exact) mass is 413 g/mol. The Balaban J connectivity index is 2.27. The van der Waals surface area contributed by atoms with Crippen molar-refractivity contribution in [1.82, 2.24) is 4.72 Å². The fourth-order valence-electron chi connectivity index (χ4n) is 2.86. The smallest absolute Gasteiger partial charge is 0.208 e. The van der Waals surface area contributed by atoms with E-state index in [0.29, 0.717) is 4.47 Å². The molecule has 1 N–H and O–H groups in total. The minimum absolute atomic E-state index is 0.0441. The van der Waals surface area contributed by atoms with Gasteiger partial charge in [0.2, 0.25) is 10.0 Å². The summed E-state index contributed by atoms with van der Waals surface area (Å²) in [5, 5.41) is 0.244. The summed E-state index contributed by atoms with van der Waals surface area (Å²) < 4.78 is 28.5. The van der Waals surface area contributed by atoms with Gasteiger partial charge in [-0.2, -0.15) is 0 Å². The van der Waals surface area contributed by atoms with Crippen LogP contribution in [0.4, 0.5) is 0 Å². The van der Waals surface area contributed by atoms with Gasteiger partial charge < -0.3 is 0 Å². The van der Waals surface area contributed by atoms with Crippen molar-refractivity contribution in [2.24, 2.45) is 5.41 Å². The van der Waals surface area contributed by atoms with Gasteiger partial charge in [0.1, 0.15) is 4.90 Å². The van der Waals surface area contributed by atoms with Crippen molar-refractivity contribution in [3.05, 3.63) is 26.7 Å². The Bertz CT molecular complexity index is 623. The van der Waals surface area contributed by atoms with Crippen molar-refractivity contribution >= 4 is 49.2 Å². The van der Waals surface area contributed by atoms with E-state index in [4.69, 9.17) is 23.2 Å². The zero-order chi connectivity index (χ0) is 15.8. The van der Waals surface area contributed by atoms with Gasteiger partial charge in [-0.05, 0) is 36.8 Å². The third kappa shape index (κ3) is 4.35. The predicted octanol–water partition coefficient (Wildman–Crippen LogP) is 5.00. The van der Waals surface area contributed by atoms with Crippen LogP contribution in [0.15, 0.2) is 21.5 Å². The highest BCUT2D eigenvalue weighted by atomic mass is 79.9. The van der Waals surface area contributed by atoms with Crippen LogP contribution in [0.1, 0.15) is 39.5 Å². The number of benzene rings is 1. The van der Waals surface area contributed by atoms with Crippen LogP contribution in [0.25, 0.3) is 0 Å². The first-order valence-electron chi connectivity index (χ1n) is 6.78. The summed E-state index contributed by atoms with van der Waals surface area (Å²) in [5.74, 6) is 0. The summed E-state index contributed by atoms with van der Waals surface area (Å²) in [6, 6.07) is 2.99. The molecule has 7 heteroatoms. The third-order valence-corrected chi connectivity index (χ3v) is 6.66. The molecule has 3 nitrogen and oxygen atoms in total. The van der Waals surface area contributed by atoms with Crippen LogP contribution in [0, 0.1) is 5.41 Å². The van der Waals surface area contributed by atoms with Crippen LogP contribution >= 0.6 is 39.1 Å². The maximum atomic E-state index is 12.6. The fraction of sp³-hybridized carbons (Fsp3) is 0.571. The largest absolute Gasteiger partial charge is 0.243 e. The van der Waals surface area contributed by atoms with E-state index in [1.807, 2.05) is 0 Å². The standard InChI is InChI=1S/C14H18BrCl2NO2S/c1-14(2)5-3-4-10(8-14)18-21(19,20)13-11(16)6-9(15)7-12(13)17/h6-7,10,18H,3-5,8H2,1-2H3. The van der Waals surface area contributed by atoms with Crippen molar-refractivity contribution in [3.8, 4) is 0 Å². The van der Waals surface area contributed by atoms with Gasteiger partial charge in [0.25, 0.3) is 0 Å². The summed E-state index contributed by atoms with van der Waals surface area (Å²) >= 11 is 15.4. The number of halogens is 3. The summed E-state index contributed by atoms with van der Waals surface area (Å²) in [6.07, 6.45) is 3.79. The molecular weight excluding hydrogens is 397 g/mol. The molecule has 0 aliphatic heterocycles. The van der Waals surface area contributed by atoms with E-state index in [2.05, 4.69) is 34.5 Å². The average molecular weight is 415 g/mol. The molecule has 0 aromatic heterocycles. The van der Waals surface area contributed by atoms with E-state index in [-0.39, 0.29) is 26.4 Å². The van der Waals surface area contributed by atoms with Crippen molar-refractivity contribution in [2.75, 3.05) is 0 Å². The van der Waals surface area contributed by atoms with Crippen molar-refractivity contribution in [2.45, 2.75) is 50.5 Å². The van der Waals surface area contributed by atoms with E-state index in [9.17, 15) is 8.42 Å². The van der Waals surface area contributed by atoms with Crippen LogP contribution in [0.5, 0.6) is 0 Å². The van der Waals surface area contributed by atoms with Gasteiger partial charge >= 0.3 is 0 Å². The molecule has 0 saturated heterocycles. The van der Waals surface area contributed by atoms with Gasteiger partial charge in [-0.3, -0.25) is 0 Å². The van der Waals surface area contributed by atoms with Gasteiger partial charge in [0.05, 0.1) is 10.0 Å². The highest BCUT2D eigenvalue weighted by Crippen LogP contribution is 2.37. The minimum atomic E-state index is -3.72. The fourth-order valence-corrected chi connectivity index (χ4v) is 6.07. The SMILES string of the molecule is CC1(C)CCCC(NS(=O)(=O)c2c(Cl)cc(Br)cc2Cl)C1. The zero-order valence-corrected chi connectivity index (χ0v) is 15.8. The number of rotatable bonds is 3. The lowest BCUT2D eigenvalue weighted by Gasteiger charge is -2.35. The predicted molar refractivity (Wildman–Crippen MR) is 90.5 cm³/mol. The van der Waals surface area contributed by atoms with E-state index in [1.165, 1.54) is 12.1 Å². The molecule has 1 aliphatic carbocycles. The Morgan fingerprint density at radius 2 is 1.86 bits per heavy atom. The first kappa shape index (κ1) is 17.5. The zero-order valence-electron chi connectivity index (χ0n) is 11.9. The molecule has 1 atom stereocenters. The first-order valence-corrected chi connectivity index (χ1v) is 9.81. The number of hydrogen-bond acceptors (Lipinski definition) is 2. The Labute approximate surface area is 144 Å². The molecule has 2 rings (SSSR count). The van der Waals surface area contributed by atoms with E-state index < -0.39 is 10.0 Å². The van der Waals surface area contributed by atoms with Crippen LogP contribution in [-0.4, -0.2) is 14.5 Å². The molecule has 1 aromatic rings. The van der Waals surface area contributed by atoms with Gasteiger partial charge in [-0.25, -0.2) is 13.1 Å². The molecular formula is C14H18BrCl2NO2S. The molecule has 1 aromatic carbocycles. The number of sulfonamides is 1. The molecule has 1 saturated carbocycles. The Hall–Kier alpha value is 0.190. The molecule has 21 heavy (non-hydrogen) atoms. The molecule has 1 fully saturated rings. The molecule has 118 valence electrons. The normalized spacial score (nSPS) is 22.2. The Morgan fingerprint density at radius 3 is 2.38 bits per heavy atom. The molecule has 1 unspecified atom stereocenters. The number of hydrogen-bond donors (Lipinski definition) is 1. The third-order valence-electron chi connectivity index (χ3n) is 3.76. The van der Waals surface area contributed by atoms with Gasteiger partial charge in [0, 0.05) is 10.5 Å². The van der Waals surface area contributed by atoms with E-state index in [0.717, 1.165) is 25.7 Å². The van der Waals surface area contributed by atoms with Gasteiger partial charge in [-0.15, -0.1) is 0 Å². The van der Waals surface area contributed by atoms with Gasteiger partial charge in [0.15, 0.2) is 0 Å². The van der Waals surface area contributed by atoms with Gasteiger partial charge in [-0.1, -0.05) is 59.4 Å². The summed E-state index contributed by atoms with van der Waals surface area (Å²) in [7, 11) is -3.72. The average Bonchev–Trinajstić information content (AvgIpc) is 2.23.